The van der Waals surface area contributed by atoms with Gasteiger partial charge in [-0.2, -0.15) is 0 Å². The average Bonchev–Trinajstić information content (AvgIpc) is 3.03. The molecule has 0 saturated carbocycles. The summed E-state index contributed by atoms with van der Waals surface area (Å²) in [5.74, 6) is 1.02. The van der Waals surface area contributed by atoms with E-state index in [-0.39, 0.29) is 24.3 Å². The number of thioether (sulfide) groups is 1. The SMILES string of the molecule is Cc1ccccc1OC[C@H](O)Cn1c(SC[C@H](C)O)nc2c1c(=O)[nH]c(=O)n2C. The van der Waals surface area contributed by atoms with Gasteiger partial charge in [0.1, 0.15) is 18.5 Å². The van der Waals surface area contributed by atoms with Crippen molar-refractivity contribution in [3.63, 3.8) is 0 Å². The van der Waals surface area contributed by atoms with Crippen LogP contribution in [0.5, 0.6) is 5.75 Å². The lowest BCUT2D eigenvalue weighted by Gasteiger charge is -2.16. The number of aromatic amines is 1. The molecule has 3 aromatic rings. The Balaban J connectivity index is 1.90. The number of aromatic nitrogens is 4. The van der Waals surface area contributed by atoms with Gasteiger partial charge in [-0.15, -0.1) is 0 Å². The molecule has 3 N–H and O–H groups in total. The van der Waals surface area contributed by atoms with Crippen molar-refractivity contribution in [1.29, 1.82) is 0 Å². The molecule has 0 saturated heterocycles. The summed E-state index contributed by atoms with van der Waals surface area (Å²) in [5, 5.41) is 20.6. The fourth-order valence-corrected chi connectivity index (χ4v) is 3.72. The van der Waals surface area contributed by atoms with Crippen molar-refractivity contribution in [2.75, 3.05) is 12.4 Å². The minimum Gasteiger partial charge on any atom is -0.491 e. The van der Waals surface area contributed by atoms with Gasteiger partial charge >= 0.3 is 5.69 Å². The number of aliphatic hydroxyl groups excluding tert-OH is 2. The molecule has 156 valence electrons. The fraction of sp³-hybridized carbons (Fsp3) is 0.421. The summed E-state index contributed by atoms with van der Waals surface area (Å²) in [4.78, 5) is 31.0. The van der Waals surface area contributed by atoms with Crippen LogP contribution in [0.3, 0.4) is 0 Å². The van der Waals surface area contributed by atoms with Crippen LogP contribution in [0.15, 0.2) is 39.0 Å². The summed E-state index contributed by atoms with van der Waals surface area (Å²) < 4.78 is 8.51. The van der Waals surface area contributed by atoms with E-state index in [0.717, 1.165) is 5.56 Å². The van der Waals surface area contributed by atoms with Gasteiger partial charge in [0.15, 0.2) is 16.3 Å². The van der Waals surface area contributed by atoms with Gasteiger partial charge in [-0.25, -0.2) is 9.78 Å². The van der Waals surface area contributed by atoms with E-state index in [0.29, 0.717) is 16.7 Å². The number of benzene rings is 1. The van der Waals surface area contributed by atoms with Crippen LogP contribution in [0.4, 0.5) is 0 Å². The fourth-order valence-electron chi connectivity index (χ4n) is 2.86. The summed E-state index contributed by atoms with van der Waals surface area (Å²) in [5.41, 5.74) is 0.218. The molecule has 3 rings (SSSR count). The number of ether oxygens (including phenoxy) is 1. The van der Waals surface area contributed by atoms with Crippen LogP contribution in [-0.4, -0.2) is 53.9 Å². The zero-order valence-electron chi connectivity index (χ0n) is 16.5. The van der Waals surface area contributed by atoms with Gasteiger partial charge < -0.3 is 19.5 Å². The van der Waals surface area contributed by atoms with Crippen LogP contribution in [-0.2, 0) is 13.6 Å². The number of fused-ring (bicyclic) bond motifs is 1. The van der Waals surface area contributed by atoms with Crippen molar-refractivity contribution in [3.8, 4) is 5.75 Å². The van der Waals surface area contributed by atoms with Crippen molar-refractivity contribution in [1.82, 2.24) is 19.1 Å². The molecular weight excluding hydrogens is 396 g/mol. The monoisotopic (exact) mass is 420 g/mol. The Morgan fingerprint density at radius 3 is 2.69 bits per heavy atom. The van der Waals surface area contributed by atoms with E-state index < -0.39 is 23.5 Å². The largest absolute Gasteiger partial charge is 0.491 e. The third-order valence-corrected chi connectivity index (χ3v) is 5.56. The molecule has 2 atom stereocenters. The second-order valence-corrected chi connectivity index (χ2v) is 7.87. The van der Waals surface area contributed by atoms with Crippen molar-refractivity contribution in [2.24, 2.45) is 7.05 Å². The van der Waals surface area contributed by atoms with Crippen LogP contribution in [0.2, 0.25) is 0 Å². The molecular formula is C19H24N4O5S. The lowest BCUT2D eigenvalue weighted by molar-refractivity contribution is 0.0910. The second-order valence-electron chi connectivity index (χ2n) is 6.89. The molecule has 2 aromatic heterocycles. The summed E-state index contributed by atoms with van der Waals surface area (Å²) in [7, 11) is 1.51. The molecule has 0 fully saturated rings. The molecule has 0 aliphatic rings. The van der Waals surface area contributed by atoms with Gasteiger partial charge in [0.05, 0.1) is 12.6 Å². The van der Waals surface area contributed by atoms with Gasteiger partial charge in [-0.1, -0.05) is 30.0 Å². The highest BCUT2D eigenvalue weighted by Crippen LogP contribution is 2.23. The zero-order valence-corrected chi connectivity index (χ0v) is 17.3. The lowest BCUT2D eigenvalue weighted by Crippen LogP contribution is -2.30. The molecule has 0 bridgehead atoms. The Labute approximate surface area is 171 Å². The summed E-state index contributed by atoms with van der Waals surface area (Å²) >= 11 is 1.24. The molecule has 0 aliphatic heterocycles. The van der Waals surface area contributed by atoms with Crippen molar-refractivity contribution in [3.05, 3.63) is 50.7 Å². The van der Waals surface area contributed by atoms with E-state index in [1.165, 1.54) is 23.4 Å². The molecule has 0 radical (unpaired) electrons. The Morgan fingerprint density at radius 1 is 1.28 bits per heavy atom. The Morgan fingerprint density at radius 2 is 2.00 bits per heavy atom. The van der Waals surface area contributed by atoms with Gasteiger partial charge in [-0.3, -0.25) is 14.3 Å². The molecule has 0 aliphatic carbocycles. The number of aliphatic hydroxyl groups is 2. The minimum absolute atomic E-state index is 0.0225. The Bertz CT molecular complexity index is 1120. The Kier molecular flexibility index (Phi) is 6.46. The highest BCUT2D eigenvalue weighted by molar-refractivity contribution is 7.99. The van der Waals surface area contributed by atoms with Crippen molar-refractivity contribution < 1.29 is 14.9 Å². The number of hydrogen-bond donors (Lipinski definition) is 3. The third-order valence-electron chi connectivity index (χ3n) is 4.34. The first-order valence-corrected chi connectivity index (χ1v) is 10.1. The molecule has 2 heterocycles. The number of aryl methyl sites for hydroxylation is 2. The second kappa shape index (κ2) is 8.85. The number of nitrogens with zero attached hydrogens (tertiary/aromatic N) is 3. The normalized spacial score (nSPS) is 13.6. The topological polar surface area (TPSA) is 122 Å². The molecule has 9 nitrogen and oxygen atoms in total. The van der Waals surface area contributed by atoms with E-state index in [1.54, 1.807) is 11.5 Å². The van der Waals surface area contributed by atoms with Gasteiger partial charge in [-0.05, 0) is 25.5 Å². The van der Waals surface area contributed by atoms with Crippen molar-refractivity contribution in [2.45, 2.75) is 37.8 Å². The number of rotatable bonds is 8. The highest BCUT2D eigenvalue weighted by Gasteiger charge is 2.20. The molecule has 0 amide bonds. The summed E-state index contributed by atoms with van der Waals surface area (Å²) in [6, 6.07) is 7.48. The predicted molar refractivity (Wildman–Crippen MR) is 111 cm³/mol. The van der Waals surface area contributed by atoms with E-state index >= 15 is 0 Å². The lowest BCUT2D eigenvalue weighted by atomic mass is 10.2. The number of nitrogens with one attached hydrogen (secondary N) is 1. The van der Waals surface area contributed by atoms with Gasteiger partial charge in [0, 0.05) is 12.8 Å². The average molecular weight is 420 g/mol. The predicted octanol–water partition coefficient (Wildman–Crippen LogP) is 0.645. The van der Waals surface area contributed by atoms with Crippen LogP contribution in [0.1, 0.15) is 12.5 Å². The molecule has 1 aromatic carbocycles. The first-order valence-electron chi connectivity index (χ1n) is 9.14. The number of H-pyrrole nitrogens is 1. The maximum atomic E-state index is 12.4. The van der Waals surface area contributed by atoms with Crippen molar-refractivity contribution >= 4 is 22.9 Å². The van der Waals surface area contributed by atoms with Crippen LogP contribution >= 0.6 is 11.8 Å². The van der Waals surface area contributed by atoms with E-state index in [1.807, 2.05) is 31.2 Å². The molecule has 0 unspecified atom stereocenters. The van der Waals surface area contributed by atoms with Gasteiger partial charge in [0.25, 0.3) is 5.56 Å². The Hall–Kier alpha value is -2.56. The molecule has 10 heteroatoms. The summed E-state index contributed by atoms with van der Waals surface area (Å²) in [6.07, 6.45) is -1.50. The first kappa shape index (κ1) is 21.2. The van der Waals surface area contributed by atoms with E-state index in [2.05, 4.69) is 9.97 Å². The van der Waals surface area contributed by atoms with Crippen LogP contribution < -0.4 is 16.0 Å². The van der Waals surface area contributed by atoms with E-state index in [9.17, 15) is 19.8 Å². The van der Waals surface area contributed by atoms with Crippen LogP contribution in [0, 0.1) is 6.92 Å². The van der Waals surface area contributed by atoms with Crippen LogP contribution in [0.25, 0.3) is 11.2 Å². The maximum Gasteiger partial charge on any atom is 0.329 e. The third kappa shape index (κ3) is 4.72. The number of para-hydroxylation sites is 1. The zero-order chi connectivity index (χ0) is 21.1. The number of imidazole rings is 1. The maximum absolute atomic E-state index is 12.4. The van der Waals surface area contributed by atoms with E-state index in [4.69, 9.17) is 4.74 Å². The number of hydrogen-bond acceptors (Lipinski definition) is 7. The van der Waals surface area contributed by atoms with Gasteiger partial charge in [0.2, 0.25) is 0 Å². The first-order chi connectivity index (χ1) is 13.8. The molecule has 29 heavy (non-hydrogen) atoms. The quantitative estimate of drug-likeness (QED) is 0.457. The highest BCUT2D eigenvalue weighted by atomic mass is 32.2. The minimum atomic E-state index is -0.922. The molecule has 0 spiro atoms. The standard InChI is InChI=1S/C19H24N4O5S/c1-11-6-4-5-7-14(11)28-9-13(25)8-23-15-16(20-19(23)29-10-12(2)24)22(3)18(27)21-17(15)26/h4-7,12-13,24-25H,8-10H2,1-3H3,(H,21,26,27)/t12-,13+/m0/s1. The smallest absolute Gasteiger partial charge is 0.329 e. The summed E-state index contributed by atoms with van der Waals surface area (Å²) in [6.45, 7) is 3.63.